The molecule has 0 aliphatic carbocycles. The van der Waals surface area contributed by atoms with E-state index in [4.69, 9.17) is 4.42 Å². The van der Waals surface area contributed by atoms with E-state index in [9.17, 15) is 9.90 Å². The summed E-state index contributed by atoms with van der Waals surface area (Å²) in [6.07, 6.45) is 0.635. The summed E-state index contributed by atoms with van der Waals surface area (Å²) in [6, 6.07) is 6.55. The van der Waals surface area contributed by atoms with Crippen LogP contribution in [0, 0.1) is 0 Å². The summed E-state index contributed by atoms with van der Waals surface area (Å²) in [7, 11) is 1.83. The summed E-state index contributed by atoms with van der Waals surface area (Å²) >= 11 is 0. The maximum Gasteiger partial charge on any atom is 0.339 e. The molecule has 4 nitrogen and oxygen atoms in total. The average Bonchev–Trinajstić information content (AvgIpc) is 2.26. The number of aromatic hydroxyl groups is 1. The van der Waals surface area contributed by atoms with E-state index in [1.54, 1.807) is 18.2 Å². The molecule has 0 saturated carbocycles. The van der Waals surface area contributed by atoms with Crippen molar-refractivity contribution >= 4 is 11.0 Å². The Bertz CT molecular complexity index is 560. The van der Waals surface area contributed by atoms with Gasteiger partial charge in [-0.05, 0) is 38.2 Å². The van der Waals surface area contributed by atoms with Crippen LogP contribution in [-0.2, 0) is 6.42 Å². The summed E-state index contributed by atoms with van der Waals surface area (Å²) in [5, 5.41) is 13.1. The number of nitrogens with one attached hydrogen (secondary N) is 1. The third-order valence-electron chi connectivity index (χ3n) is 2.44. The first kappa shape index (κ1) is 10.7. The Balaban J connectivity index is 2.50. The largest absolute Gasteiger partial charge is 0.508 e. The summed E-state index contributed by atoms with van der Waals surface area (Å²) in [5.41, 5.74) is 0.721. The number of benzene rings is 1. The minimum Gasteiger partial charge on any atom is -0.508 e. The van der Waals surface area contributed by atoms with Gasteiger partial charge in [0.05, 0.1) is 0 Å². The van der Waals surface area contributed by atoms with E-state index in [1.165, 1.54) is 6.07 Å². The molecule has 2 N–H and O–H groups in total. The Morgan fingerprint density at radius 1 is 1.38 bits per heavy atom. The summed E-state index contributed by atoms with van der Waals surface area (Å²) in [6.45, 7) is 0.731. The molecule has 84 valence electrons. The molecule has 1 heterocycles. The Labute approximate surface area is 92.5 Å². The van der Waals surface area contributed by atoms with Crippen LogP contribution in [0.2, 0.25) is 0 Å². The van der Waals surface area contributed by atoms with Gasteiger partial charge in [0, 0.05) is 17.0 Å². The van der Waals surface area contributed by atoms with Crippen LogP contribution in [0.25, 0.3) is 11.0 Å². The molecule has 0 radical (unpaired) electrons. The first-order chi connectivity index (χ1) is 7.70. The van der Waals surface area contributed by atoms with Crippen molar-refractivity contribution in [2.45, 2.75) is 6.42 Å². The average molecular weight is 219 g/mol. The third-order valence-corrected chi connectivity index (χ3v) is 2.44. The summed E-state index contributed by atoms with van der Waals surface area (Å²) in [4.78, 5) is 11.6. The topological polar surface area (TPSA) is 62.5 Å². The lowest BCUT2D eigenvalue weighted by molar-refractivity contribution is 0.472. The van der Waals surface area contributed by atoms with Gasteiger partial charge in [0.1, 0.15) is 11.3 Å². The van der Waals surface area contributed by atoms with Crippen molar-refractivity contribution in [3.63, 3.8) is 0 Å². The molecular weight excluding hydrogens is 206 g/mol. The normalized spacial score (nSPS) is 10.8. The fourth-order valence-corrected chi connectivity index (χ4v) is 1.58. The molecule has 0 aliphatic rings. The van der Waals surface area contributed by atoms with Crippen LogP contribution in [-0.4, -0.2) is 18.7 Å². The second kappa shape index (κ2) is 4.37. The monoisotopic (exact) mass is 219 g/mol. The van der Waals surface area contributed by atoms with Gasteiger partial charge in [-0.3, -0.25) is 0 Å². The summed E-state index contributed by atoms with van der Waals surface area (Å²) < 4.78 is 5.13. The highest BCUT2D eigenvalue weighted by atomic mass is 16.4. The number of rotatable bonds is 3. The molecule has 4 heteroatoms. The first-order valence-electron chi connectivity index (χ1n) is 5.11. The van der Waals surface area contributed by atoms with Gasteiger partial charge < -0.3 is 14.8 Å². The molecule has 0 spiro atoms. The van der Waals surface area contributed by atoms with Gasteiger partial charge in [0.2, 0.25) is 0 Å². The lowest BCUT2D eigenvalue weighted by Crippen LogP contribution is -2.15. The quantitative estimate of drug-likeness (QED) is 0.763. The Hall–Kier alpha value is -1.81. The van der Waals surface area contributed by atoms with Crippen molar-refractivity contribution in [1.29, 1.82) is 0 Å². The molecule has 0 aliphatic heterocycles. The Morgan fingerprint density at radius 2 is 2.19 bits per heavy atom. The lowest BCUT2D eigenvalue weighted by atomic mass is 10.1. The predicted octanol–water partition coefficient (Wildman–Crippen LogP) is 1.26. The van der Waals surface area contributed by atoms with Crippen LogP contribution in [0.5, 0.6) is 5.75 Å². The maximum absolute atomic E-state index is 11.6. The van der Waals surface area contributed by atoms with Crippen LogP contribution in [0.4, 0.5) is 0 Å². The standard InChI is InChI=1S/C12H13NO3/c1-13-5-4-9-6-8-2-3-10(14)7-11(8)16-12(9)15/h2-3,6-7,13-14H,4-5H2,1H3. The van der Waals surface area contributed by atoms with Gasteiger partial charge in [-0.25, -0.2) is 4.79 Å². The molecule has 0 amide bonds. The molecule has 2 rings (SSSR count). The molecule has 0 unspecified atom stereocenters. The minimum atomic E-state index is -0.339. The molecule has 0 atom stereocenters. The first-order valence-corrected chi connectivity index (χ1v) is 5.11. The molecule has 0 fully saturated rings. The maximum atomic E-state index is 11.6. The zero-order chi connectivity index (χ0) is 11.5. The number of phenolic OH excluding ortho intramolecular Hbond substituents is 1. The molecule has 0 saturated heterocycles. The highest BCUT2D eigenvalue weighted by Gasteiger charge is 2.05. The second-order valence-corrected chi connectivity index (χ2v) is 3.63. The van der Waals surface area contributed by atoms with E-state index in [0.717, 1.165) is 11.9 Å². The summed E-state index contributed by atoms with van der Waals surface area (Å²) in [5.74, 6) is 0.0959. The Kier molecular flexibility index (Phi) is 2.92. The minimum absolute atomic E-state index is 0.0959. The smallest absolute Gasteiger partial charge is 0.339 e. The lowest BCUT2D eigenvalue weighted by Gasteiger charge is -2.02. The van der Waals surface area contributed by atoms with Crippen LogP contribution < -0.4 is 10.9 Å². The number of hydrogen-bond acceptors (Lipinski definition) is 4. The van der Waals surface area contributed by atoms with Crippen LogP contribution in [0.3, 0.4) is 0 Å². The predicted molar refractivity (Wildman–Crippen MR) is 61.8 cm³/mol. The highest BCUT2D eigenvalue weighted by molar-refractivity contribution is 5.78. The molecule has 1 aromatic heterocycles. The van der Waals surface area contributed by atoms with Gasteiger partial charge in [-0.15, -0.1) is 0 Å². The van der Waals surface area contributed by atoms with Gasteiger partial charge in [0.15, 0.2) is 0 Å². The van der Waals surface area contributed by atoms with Crippen LogP contribution >= 0.6 is 0 Å². The van der Waals surface area contributed by atoms with E-state index in [1.807, 2.05) is 7.05 Å². The van der Waals surface area contributed by atoms with Crippen LogP contribution in [0.15, 0.2) is 33.5 Å². The van der Waals surface area contributed by atoms with E-state index in [-0.39, 0.29) is 11.4 Å². The number of fused-ring (bicyclic) bond motifs is 1. The number of hydrogen-bond donors (Lipinski definition) is 2. The molecule has 1 aromatic carbocycles. The molecule has 2 aromatic rings. The highest BCUT2D eigenvalue weighted by Crippen LogP contribution is 2.19. The van der Waals surface area contributed by atoms with Gasteiger partial charge in [-0.1, -0.05) is 0 Å². The van der Waals surface area contributed by atoms with E-state index in [2.05, 4.69) is 5.32 Å². The van der Waals surface area contributed by atoms with Crippen molar-refractivity contribution in [2.24, 2.45) is 0 Å². The van der Waals surface area contributed by atoms with Gasteiger partial charge in [-0.2, -0.15) is 0 Å². The molecule has 0 bridgehead atoms. The van der Waals surface area contributed by atoms with E-state index in [0.29, 0.717) is 17.6 Å². The fraction of sp³-hybridized carbons (Fsp3) is 0.250. The second-order valence-electron chi connectivity index (χ2n) is 3.63. The third kappa shape index (κ3) is 2.06. The van der Waals surface area contributed by atoms with E-state index < -0.39 is 0 Å². The number of phenols is 1. The van der Waals surface area contributed by atoms with Gasteiger partial charge >= 0.3 is 5.63 Å². The van der Waals surface area contributed by atoms with Crippen molar-refractivity contribution in [3.8, 4) is 5.75 Å². The molecular formula is C12H13NO3. The SMILES string of the molecule is CNCCc1cc2ccc(O)cc2oc1=O. The van der Waals surface area contributed by atoms with E-state index >= 15 is 0 Å². The zero-order valence-electron chi connectivity index (χ0n) is 8.99. The van der Waals surface area contributed by atoms with Crippen molar-refractivity contribution in [3.05, 3.63) is 40.2 Å². The zero-order valence-corrected chi connectivity index (χ0v) is 8.99. The van der Waals surface area contributed by atoms with Crippen molar-refractivity contribution in [2.75, 3.05) is 13.6 Å². The van der Waals surface area contributed by atoms with Crippen molar-refractivity contribution < 1.29 is 9.52 Å². The van der Waals surface area contributed by atoms with Crippen LogP contribution in [0.1, 0.15) is 5.56 Å². The number of likely N-dealkylation sites (N-methyl/N-ethyl adjacent to an activating group) is 1. The molecule has 16 heavy (non-hydrogen) atoms. The van der Waals surface area contributed by atoms with Crippen molar-refractivity contribution in [1.82, 2.24) is 5.32 Å². The fourth-order valence-electron chi connectivity index (χ4n) is 1.58. The van der Waals surface area contributed by atoms with Gasteiger partial charge in [0.25, 0.3) is 0 Å². The Morgan fingerprint density at radius 3 is 2.94 bits per heavy atom.